The highest BCUT2D eigenvalue weighted by molar-refractivity contribution is 5.54. The van der Waals surface area contributed by atoms with Crippen LogP contribution in [0.4, 0.5) is 0 Å². The van der Waals surface area contributed by atoms with Gasteiger partial charge in [-0.05, 0) is 31.2 Å². The van der Waals surface area contributed by atoms with Gasteiger partial charge in [0.15, 0.2) is 0 Å². The van der Waals surface area contributed by atoms with Gasteiger partial charge in [-0.2, -0.15) is 0 Å². The van der Waals surface area contributed by atoms with Crippen LogP contribution in [-0.2, 0) is 6.54 Å². The molecule has 0 spiro atoms. The maximum atomic E-state index is 5.61. The van der Waals surface area contributed by atoms with Gasteiger partial charge in [0.2, 0.25) is 5.89 Å². The second kappa shape index (κ2) is 6.28. The molecule has 0 amide bonds. The summed E-state index contributed by atoms with van der Waals surface area (Å²) in [6, 6.07) is 8.28. The van der Waals surface area contributed by atoms with Crippen molar-refractivity contribution in [3.8, 4) is 17.2 Å². The Balaban J connectivity index is 1.70. The number of rotatable bonds is 4. The molecule has 0 saturated carbocycles. The van der Waals surface area contributed by atoms with Gasteiger partial charge >= 0.3 is 0 Å². The van der Waals surface area contributed by atoms with E-state index in [1.165, 1.54) is 0 Å². The molecule has 1 aliphatic rings. The first-order valence-corrected chi connectivity index (χ1v) is 7.30. The molecule has 0 radical (unpaired) electrons. The van der Waals surface area contributed by atoms with E-state index >= 15 is 0 Å². The molecule has 0 unspecified atom stereocenters. The van der Waals surface area contributed by atoms with Gasteiger partial charge in [0.1, 0.15) is 12.0 Å². The molecule has 1 aliphatic heterocycles. The summed E-state index contributed by atoms with van der Waals surface area (Å²) < 4.78 is 10.8. The van der Waals surface area contributed by atoms with E-state index in [9.17, 15) is 0 Å². The largest absolute Gasteiger partial charge is 0.497 e. The van der Waals surface area contributed by atoms with Gasteiger partial charge < -0.3 is 14.5 Å². The third-order valence-corrected chi connectivity index (χ3v) is 3.89. The lowest BCUT2D eigenvalue weighted by Gasteiger charge is -2.33. The fourth-order valence-corrected chi connectivity index (χ4v) is 2.57. The minimum atomic E-state index is 0.528. The molecule has 112 valence electrons. The maximum absolute atomic E-state index is 5.61. The van der Waals surface area contributed by atoms with E-state index in [2.05, 4.69) is 22.1 Å². The van der Waals surface area contributed by atoms with Crippen LogP contribution in [-0.4, -0.2) is 42.7 Å². The summed E-state index contributed by atoms with van der Waals surface area (Å²) >= 11 is 0. The lowest BCUT2D eigenvalue weighted by molar-refractivity contribution is 0.163. The zero-order valence-corrected chi connectivity index (χ0v) is 12.5. The van der Waals surface area contributed by atoms with Gasteiger partial charge in [-0.15, -0.1) is 0 Å². The lowest BCUT2D eigenvalue weighted by atomic mass is 10.2. The standard InChI is InChI=1S/C16H21N3O2/c1-12-9-17-7-8-19(12)10-14-11-21-16(18-14)13-3-5-15(20-2)6-4-13/h3-6,11-12,17H,7-10H2,1-2H3/t12-/m0/s1. The topological polar surface area (TPSA) is 50.5 Å². The van der Waals surface area contributed by atoms with Crippen LogP contribution in [0.2, 0.25) is 0 Å². The number of benzene rings is 1. The van der Waals surface area contributed by atoms with Crippen molar-refractivity contribution in [2.45, 2.75) is 19.5 Å². The average Bonchev–Trinajstić information content (AvgIpc) is 2.98. The zero-order valence-electron chi connectivity index (χ0n) is 12.5. The number of methoxy groups -OCH3 is 1. The van der Waals surface area contributed by atoms with Crippen LogP contribution in [0, 0.1) is 0 Å². The van der Waals surface area contributed by atoms with Crippen molar-refractivity contribution in [2.75, 3.05) is 26.7 Å². The highest BCUT2D eigenvalue weighted by Crippen LogP contribution is 2.22. The molecule has 1 aromatic carbocycles. The summed E-state index contributed by atoms with van der Waals surface area (Å²) in [6.45, 7) is 6.18. The molecule has 1 saturated heterocycles. The quantitative estimate of drug-likeness (QED) is 0.933. The molecular weight excluding hydrogens is 266 g/mol. The molecule has 2 heterocycles. The fourth-order valence-electron chi connectivity index (χ4n) is 2.57. The van der Waals surface area contributed by atoms with Crippen LogP contribution in [0.25, 0.3) is 11.5 Å². The number of oxazole rings is 1. The number of aromatic nitrogens is 1. The number of hydrogen-bond donors (Lipinski definition) is 1. The zero-order chi connectivity index (χ0) is 14.7. The summed E-state index contributed by atoms with van der Waals surface area (Å²) in [5.74, 6) is 1.50. The second-order valence-electron chi connectivity index (χ2n) is 5.40. The third kappa shape index (κ3) is 3.25. The van der Waals surface area contributed by atoms with Crippen molar-refractivity contribution in [1.82, 2.24) is 15.2 Å². The van der Waals surface area contributed by atoms with Gasteiger partial charge in [-0.3, -0.25) is 4.90 Å². The molecule has 1 N–H and O–H groups in total. The first-order chi connectivity index (χ1) is 10.3. The minimum absolute atomic E-state index is 0.528. The molecule has 5 heteroatoms. The maximum Gasteiger partial charge on any atom is 0.226 e. The monoisotopic (exact) mass is 287 g/mol. The number of piperazine rings is 1. The van der Waals surface area contributed by atoms with Crippen LogP contribution in [0.3, 0.4) is 0 Å². The van der Waals surface area contributed by atoms with Crippen molar-refractivity contribution < 1.29 is 9.15 Å². The predicted molar refractivity (Wildman–Crippen MR) is 81.2 cm³/mol. The van der Waals surface area contributed by atoms with Gasteiger partial charge in [-0.1, -0.05) is 0 Å². The first kappa shape index (κ1) is 14.1. The molecule has 1 fully saturated rings. The molecule has 2 aromatic rings. The third-order valence-electron chi connectivity index (χ3n) is 3.89. The predicted octanol–water partition coefficient (Wildman–Crippen LogP) is 2.14. The van der Waals surface area contributed by atoms with E-state index < -0.39 is 0 Å². The Labute approximate surface area is 124 Å². The Kier molecular flexibility index (Phi) is 4.22. The normalized spacial score (nSPS) is 19.6. The SMILES string of the molecule is COc1ccc(-c2nc(CN3CCNC[C@@H]3C)co2)cc1. The summed E-state index contributed by atoms with van der Waals surface area (Å²) in [6.07, 6.45) is 1.76. The molecule has 1 atom stereocenters. The summed E-state index contributed by atoms with van der Waals surface area (Å²) in [7, 11) is 1.66. The first-order valence-electron chi connectivity index (χ1n) is 7.30. The highest BCUT2D eigenvalue weighted by Gasteiger charge is 2.19. The van der Waals surface area contributed by atoms with E-state index in [4.69, 9.17) is 9.15 Å². The van der Waals surface area contributed by atoms with Crippen molar-refractivity contribution in [3.05, 3.63) is 36.2 Å². The van der Waals surface area contributed by atoms with Crippen LogP contribution < -0.4 is 10.1 Å². The van der Waals surface area contributed by atoms with Crippen molar-refractivity contribution >= 4 is 0 Å². The van der Waals surface area contributed by atoms with Crippen molar-refractivity contribution in [2.24, 2.45) is 0 Å². The van der Waals surface area contributed by atoms with E-state index in [-0.39, 0.29) is 0 Å². The van der Waals surface area contributed by atoms with Crippen molar-refractivity contribution in [1.29, 1.82) is 0 Å². The van der Waals surface area contributed by atoms with Crippen LogP contribution >= 0.6 is 0 Å². The van der Waals surface area contributed by atoms with Crippen LogP contribution in [0.15, 0.2) is 34.9 Å². The van der Waals surface area contributed by atoms with Crippen LogP contribution in [0.1, 0.15) is 12.6 Å². The van der Waals surface area contributed by atoms with Gasteiger partial charge in [0, 0.05) is 37.8 Å². The number of nitrogens with zero attached hydrogens (tertiary/aromatic N) is 2. The number of hydrogen-bond acceptors (Lipinski definition) is 5. The highest BCUT2D eigenvalue weighted by atomic mass is 16.5. The Morgan fingerprint density at radius 3 is 2.90 bits per heavy atom. The Morgan fingerprint density at radius 1 is 1.38 bits per heavy atom. The number of ether oxygens (including phenoxy) is 1. The summed E-state index contributed by atoms with van der Waals surface area (Å²) in [5, 5.41) is 3.39. The van der Waals surface area contributed by atoms with E-state index in [0.717, 1.165) is 43.2 Å². The molecule has 5 nitrogen and oxygen atoms in total. The molecular formula is C16H21N3O2. The van der Waals surface area contributed by atoms with Gasteiger partial charge in [0.05, 0.1) is 12.8 Å². The van der Waals surface area contributed by atoms with Gasteiger partial charge in [0.25, 0.3) is 0 Å². The molecule has 1 aromatic heterocycles. The Bertz CT molecular complexity index is 579. The van der Waals surface area contributed by atoms with E-state index in [0.29, 0.717) is 11.9 Å². The van der Waals surface area contributed by atoms with Crippen LogP contribution in [0.5, 0.6) is 5.75 Å². The Hall–Kier alpha value is -1.85. The fraction of sp³-hybridized carbons (Fsp3) is 0.438. The second-order valence-corrected chi connectivity index (χ2v) is 5.40. The van der Waals surface area contributed by atoms with Crippen molar-refractivity contribution in [3.63, 3.8) is 0 Å². The average molecular weight is 287 g/mol. The lowest BCUT2D eigenvalue weighted by Crippen LogP contribution is -2.49. The minimum Gasteiger partial charge on any atom is -0.497 e. The summed E-state index contributed by atoms with van der Waals surface area (Å²) in [5.41, 5.74) is 1.95. The van der Waals surface area contributed by atoms with E-state index in [1.807, 2.05) is 24.3 Å². The molecule has 0 bridgehead atoms. The van der Waals surface area contributed by atoms with Gasteiger partial charge in [-0.25, -0.2) is 4.98 Å². The smallest absolute Gasteiger partial charge is 0.226 e. The molecule has 3 rings (SSSR count). The van der Waals surface area contributed by atoms with E-state index in [1.54, 1.807) is 13.4 Å². The summed E-state index contributed by atoms with van der Waals surface area (Å²) in [4.78, 5) is 7.02. The molecule has 0 aliphatic carbocycles. The number of nitrogens with one attached hydrogen (secondary N) is 1. The molecule has 21 heavy (non-hydrogen) atoms. The Morgan fingerprint density at radius 2 is 2.19 bits per heavy atom.